The molecule has 2 amide bonds. The lowest BCUT2D eigenvalue weighted by molar-refractivity contribution is -0.116. The number of nitrogens with zero attached hydrogens (tertiary/aromatic N) is 2. The largest absolute Gasteiger partial charge is 0.336 e. The van der Waals surface area contributed by atoms with E-state index in [-0.39, 0.29) is 24.2 Å². The van der Waals surface area contributed by atoms with Gasteiger partial charge in [-0.05, 0) is 30.0 Å². The number of benzene rings is 1. The van der Waals surface area contributed by atoms with Gasteiger partial charge in [-0.25, -0.2) is 0 Å². The van der Waals surface area contributed by atoms with Crippen molar-refractivity contribution >= 4 is 29.9 Å². The molecule has 1 aromatic carbocycles. The fraction of sp³-hybridized carbons (Fsp3) is 0.556. The molecule has 0 saturated carbocycles. The first kappa shape index (κ1) is 18.7. The van der Waals surface area contributed by atoms with E-state index in [1.807, 2.05) is 23.1 Å². The number of hydrogen-bond acceptors (Lipinski definition) is 3. The first-order chi connectivity index (χ1) is 11.0. The average Bonchev–Trinajstić information content (AvgIpc) is 2.53. The quantitative estimate of drug-likeness (QED) is 0.909. The summed E-state index contributed by atoms with van der Waals surface area (Å²) in [6, 6.07) is 5.69. The van der Waals surface area contributed by atoms with Gasteiger partial charge in [0.15, 0.2) is 0 Å². The number of aryl methyl sites for hydroxylation is 1. The molecule has 1 saturated heterocycles. The minimum absolute atomic E-state index is 0. The molecule has 0 atom stereocenters. The minimum Gasteiger partial charge on any atom is -0.336 e. The van der Waals surface area contributed by atoms with E-state index < -0.39 is 0 Å². The summed E-state index contributed by atoms with van der Waals surface area (Å²) in [6.07, 6.45) is 1.28. The molecule has 24 heavy (non-hydrogen) atoms. The predicted molar refractivity (Wildman–Crippen MR) is 97.8 cm³/mol. The van der Waals surface area contributed by atoms with E-state index in [2.05, 4.69) is 24.1 Å². The van der Waals surface area contributed by atoms with E-state index in [0.717, 1.165) is 50.4 Å². The summed E-state index contributed by atoms with van der Waals surface area (Å²) in [5, 5.41) is 2.87. The number of hydrogen-bond donors (Lipinski definition) is 1. The summed E-state index contributed by atoms with van der Waals surface area (Å²) in [7, 11) is 0. The Kier molecular flexibility index (Phi) is 6.24. The Hall–Kier alpha value is -1.59. The summed E-state index contributed by atoms with van der Waals surface area (Å²) in [5.41, 5.74) is 2.58. The number of rotatable bonds is 3. The van der Waals surface area contributed by atoms with Crippen LogP contribution in [0, 0.1) is 5.92 Å². The van der Waals surface area contributed by atoms with Gasteiger partial charge in [-0.1, -0.05) is 19.9 Å². The van der Waals surface area contributed by atoms with Crippen LogP contribution in [0.25, 0.3) is 0 Å². The second kappa shape index (κ2) is 7.99. The van der Waals surface area contributed by atoms with Crippen molar-refractivity contribution in [2.45, 2.75) is 26.7 Å². The molecule has 132 valence electrons. The average molecular weight is 352 g/mol. The first-order valence-corrected chi connectivity index (χ1v) is 8.47. The maximum atomic E-state index is 12.7. The van der Waals surface area contributed by atoms with E-state index in [4.69, 9.17) is 0 Å². The maximum Gasteiger partial charge on any atom is 0.254 e. The van der Waals surface area contributed by atoms with Crippen LogP contribution in [0.4, 0.5) is 5.69 Å². The van der Waals surface area contributed by atoms with Crippen LogP contribution in [0.3, 0.4) is 0 Å². The standard InChI is InChI=1S/C18H25N3O2.ClH/c1-13(2)12-20-7-9-21(10-8-20)18(23)15-4-3-14-5-6-17(22)19-16(14)11-15;/h3-4,11,13H,5-10,12H2,1-2H3,(H,19,22);1H. The second-order valence-corrected chi connectivity index (χ2v) is 6.91. The topological polar surface area (TPSA) is 52.6 Å². The lowest BCUT2D eigenvalue weighted by Crippen LogP contribution is -2.49. The van der Waals surface area contributed by atoms with Crippen molar-refractivity contribution in [2.75, 3.05) is 38.0 Å². The predicted octanol–water partition coefficient (Wildman–Crippen LogP) is 2.41. The van der Waals surface area contributed by atoms with Crippen LogP contribution >= 0.6 is 12.4 Å². The van der Waals surface area contributed by atoms with E-state index in [0.29, 0.717) is 17.9 Å². The lowest BCUT2D eigenvalue weighted by Gasteiger charge is -2.35. The SMILES string of the molecule is CC(C)CN1CCN(C(=O)c2ccc3c(c2)NC(=O)CC3)CC1.Cl. The molecule has 1 fully saturated rings. The summed E-state index contributed by atoms with van der Waals surface area (Å²) >= 11 is 0. The van der Waals surface area contributed by atoms with Crippen molar-refractivity contribution in [1.82, 2.24) is 9.80 Å². The van der Waals surface area contributed by atoms with Crippen LogP contribution in [0.2, 0.25) is 0 Å². The number of carbonyl (C=O) groups is 2. The van der Waals surface area contributed by atoms with Gasteiger partial charge >= 0.3 is 0 Å². The number of carbonyl (C=O) groups excluding carboxylic acids is 2. The Morgan fingerprint density at radius 3 is 2.54 bits per heavy atom. The summed E-state index contributed by atoms with van der Waals surface area (Å²) in [4.78, 5) is 28.5. The van der Waals surface area contributed by atoms with Gasteiger partial charge < -0.3 is 10.2 Å². The summed E-state index contributed by atoms with van der Waals surface area (Å²) < 4.78 is 0. The number of nitrogens with one attached hydrogen (secondary N) is 1. The first-order valence-electron chi connectivity index (χ1n) is 8.47. The van der Waals surface area contributed by atoms with E-state index in [9.17, 15) is 9.59 Å². The third-order valence-electron chi connectivity index (χ3n) is 4.54. The molecule has 0 aromatic heterocycles. The molecular weight excluding hydrogens is 326 g/mol. The Labute approximate surface area is 149 Å². The molecule has 2 aliphatic rings. The summed E-state index contributed by atoms with van der Waals surface area (Å²) in [5.74, 6) is 0.753. The number of fused-ring (bicyclic) bond motifs is 1. The molecule has 3 rings (SSSR count). The third-order valence-corrected chi connectivity index (χ3v) is 4.54. The van der Waals surface area contributed by atoms with Crippen molar-refractivity contribution in [3.05, 3.63) is 29.3 Å². The molecule has 1 N–H and O–H groups in total. The Morgan fingerprint density at radius 2 is 1.88 bits per heavy atom. The van der Waals surface area contributed by atoms with Crippen molar-refractivity contribution in [2.24, 2.45) is 5.92 Å². The van der Waals surface area contributed by atoms with Gasteiger partial charge in [0.25, 0.3) is 5.91 Å². The molecule has 1 aromatic rings. The Morgan fingerprint density at radius 1 is 1.17 bits per heavy atom. The van der Waals surface area contributed by atoms with Crippen LogP contribution < -0.4 is 5.32 Å². The molecule has 5 nitrogen and oxygen atoms in total. The number of amides is 2. The Bertz CT molecular complexity index is 610. The lowest BCUT2D eigenvalue weighted by atomic mass is 10.0. The molecule has 0 spiro atoms. The molecule has 0 radical (unpaired) electrons. The molecular formula is C18H26ClN3O2. The minimum atomic E-state index is 0. The highest BCUT2D eigenvalue weighted by atomic mass is 35.5. The highest BCUT2D eigenvalue weighted by Crippen LogP contribution is 2.24. The van der Waals surface area contributed by atoms with E-state index in [1.165, 1.54) is 0 Å². The number of halogens is 1. The normalized spacial score (nSPS) is 18.0. The highest BCUT2D eigenvalue weighted by molar-refractivity contribution is 5.99. The molecule has 0 aliphatic carbocycles. The summed E-state index contributed by atoms with van der Waals surface area (Å²) in [6.45, 7) is 8.95. The zero-order valence-electron chi connectivity index (χ0n) is 14.4. The second-order valence-electron chi connectivity index (χ2n) is 6.91. The molecule has 6 heteroatoms. The van der Waals surface area contributed by atoms with E-state index >= 15 is 0 Å². The van der Waals surface area contributed by atoms with Crippen molar-refractivity contribution in [1.29, 1.82) is 0 Å². The molecule has 0 bridgehead atoms. The Balaban J connectivity index is 0.00000208. The van der Waals surface area contributed by atoms with Gasteiger partial charge in [0.1, 0.15) is 0 Å². The zero-order chi connectivity index (χ0) is 16.4. The smallest absolute Gasteiger partial charge is 0.254 e. The van der Waals surface area contributed by atoms with Gasteiger partial charge in [-0.15, -0.1) is 12.4 Å². The van der Waals surface area contributed by atoms with Crippen LogP contribution in [0.1, 0.15) is 36.2 Å². The van der Waals surface area contributed by atoms with Gasteiger partial charge in [-0.2, -0.15) is 0 Å². The van der Waals surface area contributed by atoms with Crippen LogP contribution in [-0.4, -0.2) is 54.3 Å². The van der Waals surface area contributed by atoms with Gasteiger partial charge in [-0.3, -0.25) is 14.5 Å². The van der Waals surface area contributed by atoms with Crippen molar-refractivity contribution in [3.8, 4) is 0 Å². The van der Waals surface area contributed by atoms with Gasteiger partial charge in [0, 0.05) is 50.4 Å². The highest BCUT2D eigenvalue weighted by Gasteiger charge is 2.24. The fourth-order valence-electron chi connectivity index (χ4n) is 3.34. The van der Waals surface area contributed by atoms with E-state index in [1.54, 1.807) is 0 Å². The maximum absolute atomic E-state index is 12.7. The molecule has 2 aliphatic heterocycles. The molecule has 0 unspecified atom stereocenters. The molecule has 2 heterocycles. The monoisotopic (exact) mass is 351 g/mol. The van der Waals surface area contributed by atoms with Crippen LogP contribution in [-0.2, 0) is 11.2 Å². The van der Waals surface area contributed by atoms with Crippen LogP contribution in [0.5, 0.6) is 0 Å². The number of anilines is 1. The zero-order valence-corrected chi connectivity index (χ0v) is 15.2. The van der Waals surface area contributed by atoms with Gasteiger partial charge in [0.2, 0.25) is 5.91 Å². The fourth-order valence-corrected chi connectivity index (χ4v) is 3.34. The van der Waals surface area contributed by atoms with Gasteiger partial charge in [0.05, 0.1) is 0 Å². The van der Waals surface area contributed by atoms with Crippen molar-refractivity contribution in [3.63, 3.8) is 0 Å². The third kappa shape index (κ3) is 4.28. The van der Waals surface area contributed by atoms with Crippen LogP contribution in [0.15, 0.2) is 18.2 Å². The van der Waals surface area contributed by atoms with Crippen molar-refractivity contribution < 1.29 is 9.59 Å². The number of piperazine rings is 1.